The van der Waals surface area contributed by atoms with Gasteiger partial charge in [-0.1, -0.05) is 30.3 Å². The lowest BCUT2D eigenvalue weighted by molar-refractivity contribution is 0.0303. The molecule has 0 unspecified atom stereocenters. The van der Waals surface area contributed by atoms with Gasteiger partial charge < -0.3 is 14.4 Å². The van der Waals surface area contributed by atoms with Crippen molar-refractivity contribution in [3.63, 3.8) is 0 Å². The van der Waals surface area contributed by atoms with Gasteiger partial charge in [0.2, 0.25) is 15.9 Å². The Morgan fingerprint density at radius 2 is 1.81 bits per heavy atom. The number of carbonyl (C=O) groups excluding carboxylic acids is 1. The lowest BCUT2D eigenvalue weighted by Gasteiger charge is -2.27. The summed E-state index contributed by atoms with van der Waals surface area (Å²) in [4.78, 5) is 18.5. The molecule has 1 saturated heterocycles. The van der Waals surface area contributed by atoms with Gasteiger partial charge in [0.15, 0.2) is 0 Å². The zero-order valence-electron chi connectivity index (χ0n) is 17.3. The molecular formula is C23H23N3O5S. The van der Waals surface area contributed by atoms with Crippen molar-refractivity contribution in [3.05, 3.63) is 84.1 Å². The number of pyridine rings is 1. The molecule has 1 aromatic heterocycles. The number of hydrogen-bond donors (Lipinski definition) is 1. The molecule has 0 aliphatic carbocycles. The maximum Gasteiger partial charge on any atom is 0.254 e. The van der Waals surface area contributed by atoms with E-state index in [2.05, 4.69) is 9.71 Å². The zero-order valence-corrected chi connectivity index (χ0v) is 18.1. The van der Waals surface area contributed by atoms with Gasteiger partial charge in [0, 0.05) is 31.3 Å². The molecule has 8 nitrogen and oxygen atoms in total. The van der Waals surface area contributed by atoms with Crippen molar-refractivity contribution in [3.8, 4) is 11.6 Å². The van der Waals surface area contributed by atoms with Gasteiger partial charge in [-0.3, -0.25) is 4.79 Å². The predicted octanol–water partition coefficient (Wildman–Crippen LogP) is 2.82. The largest absolute Gasteiger partial charge is 0.439 e. The molecule has 0 atom stereocenters. The number of morpholine rings is 1. The van der Waals surface area contributed by atoms with Crippen molar-refractivity contribution in [2.45, 2.75) is 11.4 Å². The molecule has 0 bridgehead atoms. The summed E-state index contributed by atoms with van der Waals surface area (Å²) in [6.07, 6.45) is 1.25. The van der Waals surface area contributed by atoms with Crippen molar-refractivity contribution in [1.82, 2.24) is 14.6 Å². The number of sulfonamides is 1. The van der Waals surface area contributed by atoms with E-state index in [-0.39, 0.29) is 17.3 Å². The van der Waals surface area contributed by atoms with Crippen LogP contribution in [-0.4, -0.2) is 50.5 Å². The Kier molecular flexibility index (Phi) is 6.79. The van der Waals surface area contributed by atoms with E-state index in [1.165, 1.54) is 18.3 Å². The fourth-order valence-electron chi connectivity index (χ4n) is 3.22. The molecule has 1 aliphatic rings. The number of carbonyl (C=O) groups is 1. The lowest BCUT2D eigenvalue weighted by Crippen LogP contribution is -2.40. The van der Waals surface area contributed by atoms with E-state index >= 15 is 0 Å². The number of ether oxygens (including phenoxy) is 2. The Balaban J connectivity index is 1.39. The number of nitrogens with zero attached hydrogens (tertiary/aromatic N) is 2. The highest BCUT2D eigenvalue weighted by Crippen LogP contribution is 2.20. The van der Waals surface area contributed by atoms with E-state index in [9.17, 15) is 13.2 Å². The Morgan fingerprint density at radius 3 is 2.53 bits per heavy atom. The highest BCUT2D eigenvalue weighted by Gasteiger charge is 2.19. The monoisotopic (exact) mass is 453 g/mol. The first kappa shape index (κ1) is 21.9. The van der Waals surface area contributed by atoms with Crippen molar-refractivity contribution in [2.24, 2.45) is 0 Å². The van der Waals surface area contributed by atoms with E-state index in [1.807, 2.05) is 18.2 Å². The standard InChI is InChI=1S/C23H23N3O5S/c27-23(26-11-13-30-14-12-26)19-6-4-5-18(15-19)16-25-32(28,29)21-9-10-22(24-17-21)31-20-7-2-1-3-8-20/h1-10,15,17,25H,11-14,16H2. The van der Waals surface area contributed by atoms with Crippen LogP contribution in [-0.2, 0) is 21.3 Å². The normalized spacial score (nSPS) is 14.2. The first-order chi connectivity index (χ1) is 15.5. The van der Waals surface area contributed by atoms with Crippen LogP contribution in [0.2, 0.25) is 0 Å². The van der Waals surface area contributed by atoms with Gasteiger partial charge in [-0.05, 0) is 35.9 Å². The molecule has 1 amide bonds. The number of benzene rings is 2. The van der Waals surface area contributed by atoms with E-state index in [0.29, 0.717) is 49.1 Å². The average Bonchev–Trinajstić information content (AvgIpc) is 2.84. The molecule has 0 radical (unpaired) electrons. The molecule has 2 heterocycles. The molecule has 4 rings (SSSR count). The molecule has 3 aromatic rings. The Bertz CT molecular complexity index is 1160. The Labute approximate surface area is 186 Å². The molecule has 1 fully saturated rings. The molecule has 0 saturated carbocycles. The maximum atomic E-state index is 12.7. The quantitative estimate of drug-likeness (QED) is 0.591. The van der Waals surface area contributed by atoms with E-state index in [1.54, 1.807) is 41.3 Å². The third-order valence-corrected chi connectivity index (χ3v) is 6.31. The zero-order chi connectivity index (χ0) is 22.4. The number of aromatic nitrogens is 1. The van der Waals surface area contributed by atoms with Crippen molar-refractivity contribution < 1.29 is 22.7 Å². The van der Waals surface area contributed by atoms with Crippen LogP contribution in [0.5, 0.6) is 11.6 Å². The van der Waals surface area contributed by atoms with Crippen LogP contribution < -0.4 is 9.46 Å². The second-order valence-corrected chi connectivity index (χ2v) is 8.94. The van der Waals surface area contributed by atoms with Gasteiger partial charge in [-0.2, -0.15) is 0 Å². The lowest BCUT2D eigenvalue weighted by atomic mass is 10.1. The third-order valence-electron chi connectivity index (χ3n) is 4.92. The first-order valence-electron chi connectivity index (χ1n) is 10.2. The summed E-state index contributed by atoms with van der Waals surface area (Å²) < 4.78 is 38.7. The van der Waals surface area contributed by atoms with Gasteiger partial charge in [-0.25, -0.2) is 18.1 Å². The van der Waals surface area contributed by atoms with Crippen molar-refractivity contribution in [1.29, 1.82) is 0 Å². The minimum atomic E-state index is -3.78. The van der Waals surface area contributed by atoms with Gasteiger partial charge in [-0.15, -0.1) is 0 Å². The van der Waals surface area contributed by atoms with Gasteiger partial charge in [0.1, 0.15) is 10.6 Å². The number of amides is 1. The molecule has 1 aliphatic heterocycles. The van der Waals surface area contributed by atoms with Gasteiger partial charge in [0.25, 0.3) is 5.91 Å². The van der Waals surface area contributed by atoms with Gasteiger partial charge in [0.05, 0.1) is 19.4 Å². The number of nitrogens with one attached hydrogen (secondary N) is 1. The summed E-state index contributed by atoms with van der Waals surface area (Å²) in [5.74, 6) is 0.820. The number of rotatable bonds is 7. The molecule has 0 spiro atoms. The van der Waals surface area contributed by atoms with Crippen LogP contribution in [0.15, 0.2) is 77.8 Å². The van der Waals surface area contributed by atoms with Crippen LogP contribution in [0, 0.1) is 0 Å². The fourth-order valence-corrected chi connectivity index (χ4v) is 4.18. The highest BCUT2D eigenvalue weighted by molar-refractivity contribution is 7.89. The van der Waals surface area contributed by atoms with E-state index in [0.717, 1.165) is 0 Å². The second kappa shape index (κ2) is 9.90. The minimum absolute atomic E-state index is 0.0264. The van der Waals surface area contributed by atoms with Gasteiger partial charge >= 0.3 is 0 Å². The molecule has 32 heavy (non-hydrogen) atoms. The highest BCUT2D eigenvalue weighted by atomic mass is 32.2. The van der Waals surface area contributed by atoms with Crippen LogP contribution in [0.1, 0.15) is 15.9 Å². The number of para-hydroxylation sites is 1. The SMILES string of the molecule is O=C(c1cccc(CNS(=O)(=O)c2ccc(Oc3ccccc3)nc2)c1)N1CCOCC1. The third kappa shape index (κ3) is 5.50. The van der Waals surface area contributed by atoms with Crippen molar-refractivity contribution >= 4 is 15.9 Å². The summed E-state index contributed by atoms with van der Waals surface area (Å²) in [7, 11) is -3.78. The van der Waals surface area contributed by atoms with Crippen LogP contribution in [0.3, 0.4) is 0 Å². The first-order valence-corrected chi connectivity index (χ1v) is 11.6. The minimum Gasteiger partial charge on any atom is -0.439 e. The summed E-state index contributed by atoms with van der Waals surface area (Å²) in [6.45, 7) is 2.19. The second-order valence-electron chi connectivity index (χ2n) is 7.18. The summed E-state index contributed by atoms with van der Waals surface area (Å²) in [6, 6.07) is 19.0. The topological polar surface area (TPSA) is 97.8 Å². The summed E-state index contributed by atoms with van der Waals surface area (Å²) in [5.41, 5.74) is 1.21. The smallest absolute Gasteiger partial charge is 0.254 e. The Morgan fingerprint density at radius 1 is 1.03 bits per heavy atom. The molecular weight excluding hydrogens is 430 g/mol. The van der Waals surface area contributed by atoms with Crippen LogP contribution in [0.25, 0.3) is 0 Å². The van der Waals surface area contributed by atoms with Crippen LogP contribution in [0.4, 0.5) is 0 Å². The predicted molar refractivity (Wildman–Crippen MR) is 118 cm³/mol. The molecule has 9 heteroatoms. The van der Waals surface area contributed by atoms with Crippen LogP contribution >= 0.6 is 0 Å². The number of hydrogen-bond acceptors (Lipinski definition) is 6. The molecule has 1 N–H and O–H groups in total. The maximum absolute atomic E-state index is 12.7. The molecule has 2 aromatic carbocycles. The fraction of sp³-hybridized carbons (Fsp3) is 0.217. The molecule has 166 valence electrons. The summed E-state index contributed by atoms with van der Waals surface area (Å²) in [5, 5.41) is 0. The van der Waals surface area contributed by atoms with E-state index < -0.39 is 10.0 Å². The van der Waals surface area contributed by atoms with E-state index in [4.69, 9.17) is 9.47 Å². The summed E-state index contributed by atoms with van der Waals surface area (Å²) >= 11 is 0. The Hall–Kier alpha value is -3.27. The average molecular weight is 454 g/mol. The van der Waals surface area contributed by atoms with Crippen molar-refractivity contribution in [2.75, 3.05) is 26.3 Å².